The van der Waals surface area contributed by atoms with Gasteiger partial charge in [0, 0.05) is 6.42 Å². The maximum atomic E-state index is 12.7. The highest BCUT2D eigenvalue weighted by atomic mass is 16.4. The Kier molecular flexibility index (Phi) is 11.6. The van der Waals surface area contributed by atoms with Crippen molar-refractivity contribution in [3.63, 3.8) is 0 Å². The summed E-state index contributed by atoms with van der Waals surface area (Å²) >= 11 is 0. The molecule has 6 atom stereocenters. The van der Waals surface area contributed by atoms with E-state index in [1.807, 2.05) is 0 Å². The third-order valence-corrected chi connectivity index (χ3v) is 4.62. The smallest absolute Gasteiger partial charge is 0.325 e. The number of carbonyl (C=O) groups excluding carboxylic acids is 4. The zero-order valence-corrected chi connectivity index (χ0v) is 17.7. The number of carboxylic acid groups (broad SMARTS) is 1. The summed E-state index contributed by atoms with van der Waals surface area (Å²) in [5, 5.41) is 25.9. The number of amides is 4. The molecule has 0 radical (unpaired) electrons. The second-order valence-corrected chi connectivity index (χ2v) is 7.28. The van der Waals surface area contributed by atoms with E-state index in [-0.39, 0.29) is 18.8 Å². The zero-order valence-electron chi connectivity index (χ0n) is 17.7. The number of nitrogens with one attached hydrogen (secondary N) is 3. The van der Waals surface area contributed by atoms with E-state index in [1.54, 1.807) is 13.8 Å². The second-order valence-electron chi connectivity index (χ2n) is 7.28. The standard InChI is InChI=1S/C18H33N5O7/c1-5-8(2)13(16(27)21-9(3)18(29)30)22-17(28)14(10(4)24)23-15(26)11(19)6-7-12(20)25/h8-11,13-14,24H,5-7,19H2,1-4H3,(H2,20,25)(H,21,27)(H,22,28)(H,23,26)(H,29,30). The van der Waals surface area contributed by atoms with Crippen molar-refractivity contribution in [1.29, 1.82) is 0 Å². The van der Waals surface area contributed by atoms with Gasteiger partial charge in [0.25, 0.3) is 0 Å². The number of aliphatic carboxylic acids is 1. The number of rotatable bonds is 13. The molecule has 30 heavy (non-hydrogen) atoms. The molecule has 9 N–H and O–H groups in total. The second kappa shape index (κ2) is 12.8. The molecule has 0 aromatic heterocycles. The van der Waals surface area contributed by atoms with Gasteiger partial charge in [0.2, 0.25) is 23.6 Å². The monoisotopic (exact) mass is 431 g/mol. The summed E-state index contributed by atoms with van der Waals surface area (Å²) in [7, 11) is 0. The minimum atomic E-state index is -1.42. The lowest BCUT2D eigenvalue weighted by Gasteiger charge is -2.28. The lowest BCUT2D eigenvalue weighted by atomic mass is 9.97. The summed E-state index contributed by atoms with van der Waals surface area (Å²) in [6.45, 7) is 6.02. The molecule has 0 saturated carbocycles. The molecular weight excluding hydrogens is 398 g/mol. The van der Waals surface area contributed by atoms with Crippen LogP contribution in [0, 0.1) is 5.92 Å². The molecule has 0 aromatic rings. The zero-order chi connectivity index (χ0) is 23.6. The molecule has 0 spiro atoms. The molecule has 0 aliphatic carbocycles. The molecular formula is C18H33N5O7. The van der Waals surface area contributed by atoms with E-state index in [9.17, 15) is 29.1 Å². The van der Waals surface area contributed by atoms with Crippen LogP contribution in [0.1, 0.15) is 47.0 Å². The summed E-state index contributed by atoms with van der Waals surface area (Å²) in [4.78, 5) is 59.1. The summed E-state index contributed by atoms with van der Waals surface area (Å²) in [6.07, 6.45) is -1.00. The predicted octanol–water partition coefficient (Wildman–Crippen LogP) is -2.43. The van der Waals surface area contributed by atoms with Crippen molar-refractivity contribution in [3.05, 3.63) is 0 Å². The highest BCUT2D eigenvalue weighted by molar-refractivity contribution is 5.94. The minimum Gasteiger partial charge on any atom is -0.480 e. The molecule has 0 rings (SSSR count). The Hall–Kier alpha value is -2.73. The molecule has 0 aromatic carbocycles. The Bertz CT molecular complexity index is 640. The fourth-order valence-corrected chi connectivity index (χ4v) is 2.40. The molecule has 0 aliphatic rings. The van der Waals surface area contributed by atoms with Crippen molar-refractivity contribution >= 4 is 29.6 Å². The number of primary amides is 1. The van der Waals surface area contributed by atoms with Crippen molar-refractivity contribution in [2.24, 2.45) is 17.4 Å². The van der Waals surface area contributed by atoms with Gasteiger partial charge in [0.15, 0.2) is 0 Å². The van der Waals surface area contributed by atoms with E-state index in [1.165, 1.54) is 13.8 Å². The van der Waals surface area contributed by atoms with Crippen molar-refractivity contribution in [1.82, 2.24) is 16.0 Å². The third kappa shape index (κ3) is 9.18. The van der Waals surface area contributed by atoms with Gasteiger partial charge in [-0.15, -0.1) is 0 Å². The van der Waals surface area contributed by atoms with Crippen molar-refractivity contribution < 1.29 is 34.2 Å². The maximum Gasteiger partial charge on any atom is 0.325 e. The van der Waals surface area contributed by atoms with Gasteiger partial charge in [-0.25, -0.2) is 0 Å². The lowest BCUT2D eigenvalue weighted by Crippen LogP contribution is -2.60. The van der Waals surface area contributed by atoms with Crippen LogP contribution >= 0.6 is 0 Å². The summed E-state index contributed by atoms with van der Waals surface area (Å²) in [5.74, 6) is -4.57. The van der Waals surface area contributed by atoms with Crippen LogP contribution in [-0.4, -0.2) is 70.1 Å². The number of carbonyl (C=O) groups is 5. The average molecular weight is 431 g/mol. The van der Waals surface area contributed by atoms with Crippen molar-refractivity contribution in [2.45, 2.75) is 77.2 Å². The van der Waals surface area contributed by atoms with Crippen molar-refractivity contribution in [2.75, 3.05) is 0 Å². The maximum absolute atomic E-state index is 12.7. The number of carboxylic acids is 1. The average Bonchev–Trinajstić information content (AvgIpc) is 2.66. The minimum absolute atomic E-state index is 0.0414. The fourth-order valence-electron chi connectivity index (χ4n) is 2.40. The summed E-state index contributed by atoms with van der Waals surface area (Å²) < 4.78 is 0. The third-order valence-electron chi connectivity index (χ3n) is 4.62. The molecule has 12 nitrogen and oxygen atoms in total. The van der Waals surface area contributed by atoms with Crippen LogP contribution in [-0.2, 0) is 24.0 Å². The Balaban J connectivity index is 5.29. The van der Waals surface area contributed by atoms with Crippen LogP contribution in [0.3, 0.4) is 0 Å². The summed E-state index contributed by atoms with van der Waals surface area (Å²) in [6, 6.07) is -4.81. The van der Waals surface area contributed by atoms with Gasteiger partial charge in [-0.1, -0.05) is 20.3 Å². The quantitative estimate of drug-likeness (QED) is 0.166. The van der Waals surface area contributed by atoms with E-state index < -0.39 is 59.9 Å². The molecule has 0 saturated heterocycles. The molecule has 0 aliphatic heterocycles. The van der Waals surface area contributed by atoms with Gasteiger partial charge in [-0.3, -0.25) is 24.0 Å². The van der Waals surface area contributed by atoms with Crippen LogP contribution in [0.5, 0.6) is 0 Å². The van der Waals surface area contributed by atoms with Crippen LogP contribution < -0.4 is 27.4 Å². The molecule has 172 valence electrons. The predicted molar refractivity (Wildman–Crippen MR) is 107 cm³/mol. The van der Waals surface area contributed by atoms with E-state index in [2.05, 4.69) is 16.0 Å². The van der Waals surface area contributed by atoms with E-state index >= 15 is 0 Å². The molecule has 0 bridgehead atoms. The van der Waals surface area contributed by atoms with Gasteiger partial charge in [0.1, 0.15) is 18.1 Å². The lowest BCUT2D eigenvalue weighted by molar-refractivity contribution is -0.142. The normalized spacial score (nSPS) is 16.9. The largest absolute Gasteiger partial charge is 0.480 e. The first-order valence-corrected chi connectivity index (χ1v) is 9.67. The number of hydrogen-bond donors (Lipinski definition) is 7. The topological polar surface area (TPSA) is 214 Å². The van der Waals surface area contributed by atoms with E-state index in [0.717, 1.165) is 0 Å². The Labute approximate surface area is 175 Å². The molecule has 0 heterocycles. The van der Waals surface area contributed by atoms with Gasteiger partial charge in [0.05, 0.1) is 12.1 Å². The first-order chi connectivity index (χ1) is 13.8. The first-order valence-electron chi connectivity index (χ1n) is 9.67. The van der Waals surface area contributed by atoms with Gasteiger partial charge in [-0.2, -0.15) is 0 Å². The SMILES string of the molecule is CCC(C)C(NC(=O)C(NC(=O)C(N)CCC(N)=O)C(C)O)C(=O)NC(C)C(=O)O. The number of aliphatic hydroxyl groups excluding tert-OH is 1. The molecule has 12 heteroatoms. The molecule has 6 unspecified atom stereocenters. The molecule has 4 amide bonds. The number of nitrogens with two attached hydrogens (primary N) is 2. The van der Waals surface area contributed by atoms with Crippen LogP contribution in [0.2, 0.25) is 0 Å². The Morgan fingerprint density at radius 2 is 1.40 bits per heavy atom. The highest BCUT2D eigenvalue weighted by Crippen LogP contribution is 2.10. The summed E-state index contributed by atoms with van der Waals surface area (Å²) in [5.41, 5.74) is 10.7. The highest BCUT2D eigenvalue weighted by Gasteiger charge is 2.33. The van der Waals surface area contributed by atoms with E-state index in [4.69, 9.17) is 16.6 Å². The fraction of sp³-hybridized carbons (Fsp3) is 0.722. The van der Waals surface area contributed by atoms with Gasteiger partial charge < -0.3 is 37.6 Å². The number of hydrogen-bond acceptors (Lipinski definition) is 7. The Morgan fingerprint density at radius 3 is 1.83 bits per heavy atom. The van der Waals surface area contributed by atoms with Crippen LogP contribution in [0.25, 0.3) is 0 Å². The number of aliphatic hydroxyl groups is 1. The van der Waals surface area contributed by atoms with Crippen LogP contribution in [0.15, 0.2) is 0 Å². The van der Waals surface area contributed by atoms with Gasteiger partial charge in [-0.05, 0) is 26.2 Å². The van der Waals surface area contributed by atoms with Crippen LogP contribution in [0.4, 0.5) is 0 Å². The first kappa shape index (κ1) is 27.3. The van der Waals surface area contributed by atoms with Gasteiger partial charge >= 0.3 is 5.97 Å². The molecule has 0 fully saturated rings. The Morgan fingerprint density at radius 1 is 0.900 bits per heavy atom. The van der Waals surface area contributed by atoms with Crippen molar-refractivity contribution in [3.8, 4) is 0 Å². The van der Waals surface area contributed by atoms with E-state index in [0.29, 0.717) is 6.42 Å².